The number of methoxy groups -OCH3 is 1. The Morgan fingerprint density at radius 1 is 1.09 bits per heavy atom. The second-order valence-corrected chi connectivity index (χ2v) is 8.94. The van der Waals surface area contributed by atoms with E-state index in [2.05, 4.69) is 5.32 Å². The van der Waals surface area contributed by atoms with E-state index in [1.165, 1.54) is 54.7 Å². The fourth-order valence-corrected chi connectivity index (χ4v) is 4.85. The van der Waals surface area contributed by atoms with Crippen molar-refractivity contribution in [3.05, 3.63) is 88.0 Å². The summed E-state index contributed by atoms with van der Waals surface area (Å²) in [7, 11) is -2.52. The molecule has 3 aromatic rings. The highest BCUT2D eigenvalue weighted by molar-refractivity contribution is 7.92. The van der Waals surface area contributed by atoms with Crippen molar-refractivity contribution in [1.29, 1.82) is 0 Å². The van der Waals surface area contributed by atoms with Crippen molar-refractivity contribution in [3.63, 3.8) is 0 Å². The van der Waals surface area contributed by atoms with E-state index in [1.54, 1.807) is 37.3 Å². The van der Waals surface area contributed by atoms with Crippen LogP contribution in [-0.4, -0.2) is 32.9 Å². The zero-order valence-corrected chi connectivity index (χ0v) is 19.1. The number of ether oxygens (including phenoxy) is 1. The summed E-state index contributed by atoms with van der Waals surface area (Å²) in [4.78, 5) is 23.3. The van der Waals surface area contributed by atoms with Crippen LogP contribution in [0.2, 0.25) is 0 Å². The minimum absolute atomic E-state index is 0.0239. The molecule has 0 saturated carbocycles. The van der Waals surface area contributed by atoms with Crippen LogP contribution in [0.4, 0.5) is 17.1 Å². The molecule has 172 valence electrons. The molecule has 33 heavy (non-hydrogen) atoms. The lowest BCUT2D eigenvalue weighted by molar-refractivity contribution is -0.385. The maximum atomic E-state index is 13.3. The average Bonchev–Trinajstić information content (AvgIpc) is 2.79. The Kier molecular flexibility index (Phi) is 6.98. The molecule has 0 heterocycles. The predicted molar refractivity (Wildman–Crippen MR) is 125 cm³/mol. The summed E-state index contributed by atoms with van der Waals surface area (Å²) in [6, 6.07) is 16.9. The molecule has 0 radical (unpaired) electrons. The molecule has 1 N–H and O–H groups in total. The number of carbonyl (C=O) groups excluding carboxylic acids is 1. The number of rotatable bonds is 8. The van der Waals surface area contributed by atoms with Gasteiger partial charge in [0, 0.05) is 23.7 Å². The second-order valence-electron chi connectivity index (χ2n) is 7.08. The number of anilines is 2. The molecule has 0 fully saturated rings. The lowest BCUT2D eigenvalue weighted by atomic mass is 10.1. The van der Waals surface area contributed by atoms with Gasteiger partial charge < -0.3 is 10.1 Å². The highest BCUT2D eigenvalue weighted by Crippen LogP contribution is 2.31. The minimum Gasteiger partial charge on any atom is -0.495 e. The number of hydrogen-bond donors (Lipinski definition) is 1. The van der Waals surface area contributed by atoms with Gasteiger partial charge in [-0.25, -0.2) is 8.42 Å². The number of nitro groups is 1. The van der Waals surface area contributed by atoms with Gasteiger partial charge >= 0.3 is 0 Å². The fourth-order valence-electron chi connectivity index (χ4n) is 3.35. The number of para-hydroxylation sites is 1. The Bertz CT molecular complexity index is 1290. The van der Waals surface area contributed by atoms with E-state index in [9.17, 15) is 23.3 Å². The Morgan fingerprint density at radius 3 is 2.36 bits per heavy atom. The minimum atomic E-state index is -3.92. The van der Waals surface area contributed by atoms with Crippen LogP contribution in [0.1, 0.15) is 22.8 Å². The van der Waals surface area contributed by atoms with Gasteiger partial charge in [-0.2, -0.15) is 0 Å². The van der Waals surface area contributed by atoms with Crippen LogP contribution in [0.15, 0.2) is 71.6 Å². The van der Waals surface area contributed by atoms with Gasteiger partial charge in [0.05, 0.1) is 28.3 Å². The van der Waals surface area contributed by atoms with Crippen molar-refractivity contribution in [2.24, 2.45) is 0 Å². The lowest BCUT2D eigenvalue weighted by Gasteiger charge is -2.23. The first-order valence-electron chi connectivity index (χ1n) is 10.0. The van der Waals surface area contributed by atoms with Gasteiger partial charge in [0.2, 0.25) is 0 Å². The maximum Gasteiger partial charge on any atom is 0.272 e. The van der Waals surface area contributed by atoms with Gasteiger partial charge in [-0.15, -0.1) is 0 Å². The number of carbonyl (C=O) groups is 1. The van der Waals surface area contributed by atoms with E-state index in [1.807, 2.05) is 0 Å². The van der Waals surface area contributed by atoms with Crippen molar-refractivity contribution in [3.8, 4) is 5.75 Å². The second kappa shape index (κ2) is 9.70. The summed E-state index contributed by atoms with van der Waals surface area (Å²) in [6.07, 6.45) is 0. The largest absolute Gasteiger partial charge is 0.495 e. The molecular formula is C23H23N3O6S. The Balaban J connectivity index is 1.96. The Morgan fingerprint density at radius 2 is 1.79 bits per heavy atom. The van der Waals surface area contributed by atoms with Crippen LogP contribution < -0.4 is 14.4 Å². The lowest BCUT2D eigenvalue weighted by Crippen LogP contribution is -2.30. The predicted octanol–water partition coefficient (Wildman–Crippen LogP) is 4.38. The molecule has 0 aliphatic carbocycles. The Labute approximate surface area is 191 Å². The van der Waals surface area contributed by atoms with Gasteiger partial charge in [-0.1, -0.05) is 18.2 Å². The third kappa shape index (κ3) is 4.96. The van der Waals surface area contributed by atoms with Gasteiger partial charge in [0.1, 0.15) is 5.75 Å². The summed E-state index contributed by atoms with van der Waals surface area (Å²) in [5.41, 5.74) is 1.09. The van der Waals surface area contributed by atoms with E-state index < -0.39 is 20.9 Å². The van der Waals surface area contributed by atoms with Crippen molar-refractivity contribution in [2.45, 2.75) is 18.7 Å². The molecule has 0 unspecified atom stereocenters. The quantitative estimate of drug-likeness (QED) is 0.386. The molecule has 3 aromatic carbocycles. The number of hydrogen-bond acceptors (Lipinski definition) is 6. The zero-order valence-electron chi connectivity index (χ0n) is 18.3. The summed E-state index contributed by atoms with van der Waals surface area (Å²) < 4.78 is 33.2. The average molecular weight is 470 g/mol. The molecule has 0 saturated heterocycles. The van der Waals surface area contributed by atoms with Crippen LogP contribution in [0.25, 0.3) is 0 Å². The molecule has 0 aromatic heterocycles. The van der Waals surface area contributed by atoms with Crippen LogP contribution in [-0.2, 0) is 10.0 Å². The van der Waals surface area contributed by atoms with Gasteiger partial charge in [-0.05, 0) is 56.3 Å². The molecule has 0 spiro atoms. The summed E-state index contributed by atoms with van der Waals surface area (Å²) in [6.45, 7) is 3.47. The first-order chi connectivity index (χ1) is 15.7. The molecule has 9 nitrogen and oxygen atoms in total. The highest BCUT2D eigenvalue weighted by Gasteiger charge is 2.25. The maximum absolute atomic E-state index is 13.3. The van der Waals surface area contributed by atoms with Crippen LogP contribution >= 0.6 is 0 Å². The van der Waals surface area contributed by atoms with E-state index in [-0.39, 0.29) is 34.1 Å². The highest BCUT2D eigenvalue weighted by atomic mass is 32.2. The Hall–Kier alpha value is -3.92. The molecule has 0 atom stereocenters. The monoisotopic (exact) mass is 469 g/mol. The number of nitro benzene ring substituents is 1. The van der Waals surface area contributed by atoms with Crippen molar-refractivity contribution >= 4 is 33.0 Å². The first kappa shape index (κ1) is 23.7. The number of benzene rings is 3. The van der Waals surface area contributed by atoms with Gasteiger partial charge in [0.15, 0.2) is 0 Å². The number of amides is 1. The van der Waals surface area contributed by atoms with E-state index in [0.29, 0.717) is 11.3 Å². The standard InChI is InChI=1S/C23H23N3O6S/c1-4-25(18-8-6-5-7-9-18)33(30,31)19-11-13-22(32-3)20(15-19)24-23(27)17-10-12-21(26(28)29)16(2)14-17/h5-15H,4H2,1-3H3,(H,24,27). The smallest absolute Gasteiger partial charge is 0.272 e. The first-order valence-corrected chi connectivity index (χ1v) is 11.4. The van der Waals surface area contributed by atoms with Crippen molar-refractivity contribution in [1.82, 2.24) is 0 Å². The van der Waals surface area contributed by atoms with Crippen LogP contribution in [0, 0.1) is 17.0 Å². The third-order valence-electron chi connectivity index (χ3n) is 4.99. The molecule has 3 rings (SSSR count). The number of aryl methyl sites for hydroxylation is 1. The zero-order chi connectivity index (χ0) is 24.2. The normalized spacial score (nSPS) is 11.0. The van der Waals surface area contributed by atoms with Crippen molar-refractivity contribution in [2.75, 3.05) is 23.3 Å². The van der Waals surface area contributed by atoms with Crippen LogP contribution in [0.5, 0.6) is 5.75 Å². The third-order valence-corrected chi connectivity index (χ3v) is 6.89. The van der Waals surface area contributed by atoms with Gasteiger partial charge in [-0.3, -0.25) is 19.2 Å². The van der Waals surface area contributed by atoms with E-state index >= 15 is 0 Å². The number of nitrogens with zero attached hydrogens (tertiary/aromatic N) is 2. The molecule has 0 bridgehead atoms. The summed E-state index contributed by atoms with van der Waals surface area (Å²) >= 11 is 0. The molecule has 10 heteroatoms. The SMILES string of the molecule is CCN(c1ccccc1)S(=O)(=O)c1ccc(OC)c(NC(=O)c2ccc([N+](=O)[O-])c(C)c2)c1. The fraction of sp³-hybridized carbons (Fsp3) is 0.174. The number of nitrogens with one attached hydrogen (secondary N) is 1. The molecule has 1 amide bonds. The number of sulfonamides is 1. The summed E-state index contributed by atoms with van der Waals surface area (Å²) in [5, 5.41) is 13.7. The van der Waals surface area contributed by atoms with E-state index in [0.717, 1.165) is 0 Å². The van der Waals surface area contributed by atoms with Crippen LogP contribution in [0.3, 0.4) is 0 Å². The van der Waals surface area contributed by atoms with Crippen molar-refractivity contribution < 1.29 is 22.9 Å². The molecular weight excluding hydrogens is 446 g/mol. The molecule has 0 aliphatic heterocycles. The molecule has 0 aliphatic rings. The topological polar surface area (TPSA) is 119 Å². The summed E-state index contributed by atoms with van der Waals surface area (Å²) in [5.74, 6) is -0.292. The van der Waals surface area contributed by atoms with Gasteiger partial charge in [0.25, 0.3) is 21.6 Å². The van der Waals surface area contributed by atoms with E-state index in [4.69, 9.17) is 4.74 Å².